The van der Waals surface area contributed by atoms with Gasteiger partial charge >= 0.3 is 6.09 Å². The first-order valence-electron chi connectivity index (χ1n) is 7.90. The third-order valence-electron chi connectivity index (χ3n) is 4.13. The van der Waals surface area contributed by atoms with Gasteiger partial charge in [0.05, 0.1) is 11.9 Å². The third kappa shape index (κ3) is 3.62. The highest BCUT2D eigenvalue weighted by atomic mass is 16.6. The molecule has 0 saturated carbocycles. The molecule has 1 amide bonds. The van der Waals surface area contributed by atoms with Crippen LogP contribution in [0.15, 0.2) is 42.6 Å². The zero-order valence-corrected chi connectivity index (χ0v) is 13.5. The molecule has 23 heavy (non-hydrogen) atoms. The summed E-state index contributed by atoms with van der Waals surface area (Å²) in [6.45, 7) is 5.33. The SMILES string of the molecule is Cc1cc(NC(=O)Oc2ccccc2)ncc1N1CCCC1C. The molecule has 0 aliphatic carbocycles. The van der Waals surface area contributed by atoms with E-state index in [-0.39, 0.29) is 0 Å². The molecule has 0 radical (unpaired) electrons. The van der Waals surface area contributed by atoms with E-state index in [0.717, 1.165) is 17.8 Å². The molecule has 1 atom stereocenters. The van der Waals surface area contributed by atoms with Gasteiger partial charge in [0.15, 0.2) is 0 Å². The number of carbonyl (C=O) groups is 1. The molecule has 1 aliphatic heterocycles. The second kappa shape index (κ2) is 6.69. The summed E-state index contributed by atoms with van der Waals surface area (Å²) in [5.41, 5.74) is 2.24. The second-order valence-electron chi connectivity index (χ2n) is 5.87. The standard InChI is InChI=1S/C18H21N3O2/c1-13-11-17(19-12-16(13)21-10-6-7-14(21)2)20-18(22)23-15-8-4-3-5-9-15/h3-5,8-9,11-12,14H,6-7,10H2,1-2H3,(H,19,20,22). The second-order valence-corrected chi connectivity index (χ2v) is 5.87. The molecule has 2 aromatic rings. The van der Waals surface area contributed by atoms with Crippen LogP contribution in [0.1, 0.15) is 25.3 Å². The maximum absolute atomic E-state index is 11.9. The van der Waals surface area contributed by atoms with Crippen LogP contribution in [0.2, 0.25) is 0 Å². The number of benzene rings is 1. The van der Waals surface area contributed by atoms with E-state index in [2.05, 4.69) is 22.1 Å². The number of pyridine rings is 1. The van der Waals surface area contributed by atoms with Crippen LogP contribution in [0.25, 0.3) is 0 Å². The van der Waals surface area contributed by atoms with Crippen molar-refractivity contribution in [2.75, 3.05) is 16.8 Å². The van der Waals surface area contributed by atoms with Crippen LogP contribution in [0.4, 0.5) is 16.3 Å². The Balaban J connectivity index is 1.67. The van der Waals surface area contributed by atoms with Gasteiger partial charge in [0.2, 0.25) is 0 Å². The maximum atomic E-state index is 11.9. The maximum Gasteiger partial charge on any atom is 0.418 e. The van der Waals surface area contributed by atoms with Crippen LogP contribution in [0.3, 0.4) is 0 Å². The molecule has 1 saturated heterocycles. The van der Waals surface area contributed by atoms with Crippen molar-refractivity contribution in [3.8, 4) is 5.75 Å². The summed E-state index contributed by atoms with van der Waals surface area (Å²) in [6.07, 6.45) is 3.72. The van der Waals surface area contributed by atoms with E-state index in [1.54, 1.807) is 12.1 Å². The topological polar surface area (TPSA) is 54.5 Å². The fraction of sp³-hybridized carbons (Fsp3) is 0.333. The molecule has 0 bridgehead atoms. The van der Waals surface area contributed by atoms with E-state index in [4.69, 9.17) is 4.74 Å². The fourth-order valence-corrected chi connectivity index (χ4v) is 2.93. The van der Waals surface area contributed by atoms with Crippen molar-refractivity contribution in [3.63, 3.8) is 0 Å². The van der Waals surface area contributed by atoms with Crippen molar-refractivity contribution >= 4 is 17.6 Å². The average Bonchev–Trinajstić information content (AvgIpc) is 2.94. The van der Waals surface area contributed by atoms with Crippen molar-refractivity contribution in [1.82, 2.24) is 4.98 Å². The Morgan fingerprint density at radius 3 is 2.78 bits per heavy atom. The highest BCUT2D eigenvalue weighted by Crippen LogP contribution is 2.28. The van der Waals surface area contributed by atoms with E-state index in [0.29, 0.717) is 17.6 Å². The summed E-state index contributed by atoms with van der Waals surface area (Å²) in [5, 5.41) is 2.67. The Morgan fingerprint density at radius 1 is 1.35 bits per heavy atom. The summed E-state index contributed by atoms with van der Waals surface area (Å²) in [5.74, 6) is 1.00. The molecule has 120 valence electrons. The van der Waals surface area contributed by atoms with Crippen molar-refractivity contribution in [3.05, 3.63) is 48.2 Å². The number of hydrogen-bond acceptors (Lipinski definition) is 4. The highest BCUT2D eigenvalue weighted by Gasteiger charge is 2.22. The van der Waals surface area contributed by atoms with Crippen LogP contribution < -0.4 is 15.0 Å². The number of ether oxygens (including phenoxy) is 1. The van der Waals surface area contributed by atoms with Gasteiger partial charge in [-0.15, -0.1) is 0 Å². The summed E-state index contributed by atoms with van der Waals surface area (Å²) in [4.78, 5) is 18.6. The quantitative estimate of drug-likeness (QED) is 0.931. The van der Waals surface area contributed by atoms with Crippen molar-refractivity contribution in [2.24, 2.45) is 0 Å². The van der Waals surface area contributed by atoms with Gasteiger partial charge in [0.1, 0.15) is 11.6 Å². The normalized spacial score (nSPS) is 17.1. The van der Waals surface area contributed by atoms with Gasteiger partial charge in [-0.25, -0.2) is 9.78 Å². The number of para-hydroxylation sites is 1. The van der Waals surface area contributed by atoms with Crippen LogP contribution in [0.5, 0.6) is 5.75 Å². The molecule has 1 aliphatic rings. The summed E-state index contributed by atoms with van der Waals surface area (Å²) in [7, 11) is 0. The number of hydrogen-bond donors (Lipinski definition) is 1. The average molecular weight is 311 g/mol. The van der Waals surface area contributed by atoms with E-state index in [1.807, 2.05) is 37.4 Å². The largest absolute Gasteiger partial charge is 0.418 e. The molecule has 1 N–H and O–H groups in total. The molecule has 1 aromatic heterocycles. The Hall–Kier alpha value is -2.56. The minimum atomic E-state index is -0.537. The van der Waals surface area contributed by atoms with Gasteiger partial charge in [0, 0.05) is 12.6 Å². The molecule has 1 aromatic carbocycles. The Morgan fingerprint density at radius 2 is 2.13 bits per heavy atom. The van der Waals surface area contributed by atoms with Gasteiger partial charge < -0.3 is 9.64 Å². The van der Waals surface area contributed by atoms with Gasteiger partial charge in [-0.05, 0) is 50.5 Å². The number of anilines is 2. The lowest BCUT2D eigenvalue weighted by Crippen LogP contribution is -2.27. The summed E-state index contributed by atoms with van der Waals surface area (Å²) >= 11 is 0. The lowest BCUT2D eigenvalue weighted by Gasteiger charge is -2.25. The summed E-state index contributed by atoms with van der Waals surface area (Å²) in [6, 6.07) is 11.4. The van der Waals surface area contributed by atoms with Crippen molar-refractivity contribution < 1.29 is 9.53 Å². The number of amides is 1. The molecule has 0 spiro atoms. The van der Waals surface area contributed by atoms with Gasteiger partial charge in [0.25, 0.3) is 0 Å². The fourth-order valence-electron chi connectivity index (χ4n) is 2.93. The monoisotopic (exact) mass is 311 g/mol. The number of nitrogens with one attached hydrogen (secondary N) is 1. The van der Waals surface area contributed by atoms with Gasteiger partial charge in [-0.2, -0.15) is 0 Å². The highest BCUT2D eigenvalue weighted by molar-refractivity contribution is 5.85. The van der Waals surface area contributed by atoms with E-state index >= 15 is 0 Å². The number of carbonyl (C=O) groups excluding carboxylic acids is 1. The molecule has 2 heterocycles. The molecule has 5 nitrogen and oxygen atoms in total. The molecule has 5 heteroatoms. The van der Waals surface area contributed by atoms with E-state index in [1.165, 1.54) is 12.8 Å². The third-order valence-corrected chi connectivity index (χ3v) is 4.13. The number of nitrogens with zero attached hydrogens (tertiary/aromatic N) is 2. The number of aryl methyl sites for hydroxylation is 1. The van der Waals surface area contributed by atoms with Crippen LogP contribution in [0, 0.1) is 6.92 Å². The Labute approximate surface area is 136 Å². The van der Waals surface area contributed by atoms with Crippen LogP contribution in [-0.4, -0.2) is 23.7 Å². The Bertz CT molecular complexity index is 688. The molecule has 3 rings (SSSR count). The molecular weight excluding hydrogens is 290 g/mol. The molecular formula is C18H21N3O2. The predicted molar refractivity (Wildman–Crippen MR) is 91.1 cm³/mol. The summed E-state index contributed by atoms with van der Waals surface area (Å²) < 4.78 is 5.20. The minimum Gasteiger partial charge on any atom is -0.410 e. The van der Waals surface area contributed by atoms with E-state index in [9.17, 15) is 4.79 Å². The number of aromatic nitrogens is 1. The zero-order valence-electron chi connectivity index (χ0n) is 13.5. The molecule has 1 unspecified atom stereocenters. The first-order chi connectivity index (χ1) is 11.1. The molecule has 1 fully saturated rings. The Kier molecular flexibility index (Phi) is 4.46. The van der Waals surface area contributed by atoms with Gasteiger partial charge in [-0.1, -0.05) is 18.2 Å². The van der Waals surface area contributed by atoms with Crippen LogP contribution in [-0.2, 0) is 0 Å². The lowest BCUT2D eigenvalue weighted by atomic mass is 10.2. The van der Waals surface area contributed by atoms with Crippen molar-refractivity contribution in [2.45, 2.75) is 32.7 Å². The predicted octanol–water partition coefficient (Wildman–Crippen LogP) is 3.99. The van der Waals surface area contributed by atoms with Gasteiger partial charge in [-0.3, -0.25) is 5.32 Å². The number of rotatable bonds is 3. The first kappa shape index (κ1) is 15.3. The minimum absolute atomic E-state index is 0.499. The van der Waals surface area contributed by atoms with Crippen molar-refractivity contribution in [1.29, 1.82) is 0 Å². The van der Waals surface area contributed by atoms with Crippen LogP contribution >= 0.6 is 0 Å². The first-order valence-corrected chi connectivity index (χ1v) is 7.90. The zero-order chi connectivity index (χ0) is 16.2. The lowest BCUT2D eigenvalue weighted by molar-refractivity contribution is 0.215. The van der Waals surface area contributed by atoms with E-state index < -0.39 is 6.09 Å². The smallest absolute Gasteiger partial charge is 0.410 e.